The average Bonchev–Trinajstić information content (AvgIpc) is 2.62. The third-order valence-corrected chi connectivity index (χ3v) is 3.74. The van der Waals surface area contributed by atoms with Crippen molar-refractivity contribution >= 4 is 0 Å². The van der Waals surface area contributed by atoms with Gasteiger partial charge in [-0.2, -0.15) is 0 Å². The van der Waals surface area contributed by atoms with Crippen LogP contribution in [0, 0.1) is 5.82 Å². The lowest BCUT2D eigenvalue weighted by atomic mass is 10.1. The van der Waals surface area contributed by atoms with Crippen LogP contribution in [0.2, 0.25) is 0 Å². The fourth-order valence-corrected chi connectivity index (χ4v) is 2.53. The summed E-state index contributed by atoms with van der Waals surface area (Å²) in [5, 5.41) is 13.2. The van der Waals surface area contributed by atoms with Gasteiger partial charge in [-0.3, -0.25) is 0 Å². The van der Waals surface area contributed by atoms with E-state index in [4.69, 9.17) is 14.2 Å². The molecule has 136 valence electrons. The van der Waals surface area contributed by atoms with Crippen molar-refractivity contribution in [3.8, 4) is 17.2 Å². The summed E-state index contributed by atoms with van der Waals surface area (Å²) in [7, 11) is 3.13. The molecule has 0 radical (unpaired) electrons. The van der Waals surface area contributed by atoms with Crippen LogP contribution >= 0.6 is 0 Å². The molecule has 25 heavy (non-hydrogen) atoms. The lowest BCUT2D eigenvalue weighted by Crippen LogP contribution is -2.21. The van der Waals surface area contributed by atoms with Gasteiger partial charge >= 0.3 is 0 Å². The summed E-state index contributed by atoms with van der Waals surface area (Å²) >= 11 is 0. The SMILES string of the molecule is CCOc1c(OC)cc(CNC[C@@H](O)c2ccccc2F)cc1OC. The zero-order valence-corrected chi connectivity index (χ0v) is 14.7. The van der Waals surface area contributed by atoms with Crippen LogP contribution in [0.1, 0.15) is 24.2 Å². The Morgan fingerprint density at radius 1 is 1.12 bits per heavy atom. The Hall–Kier alpha value is -2.31. The second-order valence-electron chi connectivity index (χ2n) is 5.43. The molecule has 0 amide bonds. The number of ether oxygens (including phenoxy) is 3. The van der Waals surface area contributed by atoms with E-state index in [2.05, 4.69) is 5.32 Å². The predicted octanol–water partition coefficient (Wildman–Crippen LogP) is 3.06. The highest BCUT2D eigenvalue weighted by atomic mass is 19.1. The summed E-state index contributed by atoms with van der Waals surface area (Å²) in [5.74, 6) is 1.30. The van der Waals surface area contributed by atoms with E-state index in [1.165, 1.54) is 6.07 Å². The topological polar surface area (TPSA) is 60.0 Å². The minimum absolute atomic E-state index is 0.221. The molecule has 2 N–H and O–H groups in total. The van der Waals surface area contributed by atoms with E-state index in [9.17, 15) is 9.50 Å². The molecule has 2 rings (SSSR count). The first kappa shape index (κ1) is 19.0. The van der Waals surface area contributed by atoms with Crippen LogP contribution in [0.3, 0.4) is 0 Å². The molecule has 0 heterocycles. The van der Waals surface area contributed by atoms with Gasteiger partial charge in [-0.25, -0.2) is 4.39 Å². The van der Waals surface area contributed by atoms with E-state index in [1.54, 1.807) is 32.4 Å². The van der Waals surface area contributed by atoms with Gasteiger partial charge in [0.05, 0.1) is 26.9 Å². The van der Waals surface area contributed by atoms with Crippen molar-refractivity contribution in [2.24, 2.45) is 0 Å². The third kappa shape index (κ3) is 4.84. The number of benzene rings is 2. The summed E-state index contributed by atoms with van der Waals surface area (Å²) in [4.78, 5) is 0. The monoisotopic (exact) mass is 349 g/mol. The molecule has 0 unspecified atom stereocenters. The van der Waals surface area contributed by atoms with Crippen LogP contribution in [0.4, 0.5) is 4.39 Å². The van der Waals surface area contributed by atoms with Crippen molar-refractivity contribution in [2.75, 3.05) is 27.4 Å². The molecule has 1 atom stereocenters. The second kappa shape index (κ2) is 9.25. The quantitative estimate of drug-likeness (QED) is 0.729. The van der Waals surface area contributed by atoms with Gasteiger partial charge < -0.3 is 24.6 Å². The van der Waals surface area contributed by atoms with Crippen molar-refractivity contribution in [3.63, 3.8) is 0 Å². The summed E-state index contributed by atoms with van der Waals surface area (Å²) in [6.07, 6.45) is -0.923. The van der Waals surface area contributed by atoms with Crippen molar-refractivity contribution in [1.29, 1.82) is 0 Å². The van der Waals surface area contributed by atoms with Gasteiger partial charge in [0.2, 0.25) is 5.75 Å². The van der Waals surface area contributed by atoms with Gasteiger partial charge in [-0.1, -0.05) is 18.2 Å². The molecule has 0 aliphatic heterocycles. The number of hydrogen-bond donors (Lipinski definition) is 2. The fourth-order valence-electron chi connectivity index (χ4n) is 2.53. The van der Waals surface area contributed by atoms with Crippen LogP contribution in [-0.2, 0) is 6.54 Å². The second-order valence-corrected chi connectivity index (χ2v) is 5.43. The first-order chi connectivity index (χ1) is 12.1. The number of methoxy groups -OCH3 is 2. The Morgan fingerprint density at radius 3 is 2.32 bits per heavy atom. The summed E-state index contributed by atoms with van der Waals surface area (Å²) in [5.41, 5.74) is 1.18. The van der Waals surface area contributed by atoms with Crippen molar-refractivity contribution in [3.05, 3.63) is 53.3 Å². The maximum absolute atomic E-state index is 13.7. The normalized spacial score (nSPS) is 11.9. The Bertz CT molecular complexity index is 668. The van der Waals surface area contributed by atoms with Gasteiger partial charge in [-0.05, 0) is 30.7 Å². The standard InChI is InChI=1S/C19H24FNO4/c1-4-25-19-17(23-2)9-13(10-18(19)24-3)11-21-12-16(22)14-7-5-6-8-15(14)20/h5-10,16,21-22H,4,11-12H2,1-3H3/t16-/m1/s1. The molecule has 0 bridgehead atoms. The van der Waals surface area contributed by atoms with Gasteiger partial charge in [0.15, 0.2) is 11.5 Å². The maximum atomic E-state index is 13.7. The zero-order valence-electron chi connectivity index (χ0n) is 14.7. The van der Waals surface area contributed by atoms with E-state index < -0.39 is 11.9 Å². The molecule has 0 aliphatic carbocycles. The largest absolute Gasteiger partial charge is 0.493 e. The maximum Gasteiger partial charge on any atom is 0.203 e. The molecule has 5 nitrogen and oxygen atoms in total. The Morgan fingerprint density at radius 2 is 1.76 bits per heavy atom. The number of halogens is 1. The van der Waals surface area contributed by atoms with Gasteiger partial charge in [0.25, 0.3) is 0 Å². The summed E-state index contributed by atoms with van der Waals surface area (Å²) in [6.45, 7) is 3.07. The van der Waals surface area contributed by atoms with Crippen molar-refractivity contribution in [2.45, 2.75) is 19.6 Å². The number of hydrogen-bond acceptors (Lipinski definition) is 5. The Balaban J connectivity index is 2.04. The molecule has 0 aromatic heterocycles. The number of rotatable bonds is 9. The van der Waals surface area contributed by atoms with Crippen LogP contribution in [0.25, 0.3) is 0 Å². The van der Waals surface area contributed by atoms with Crippen LogP contribution in [-0.4, -0.2) is 32.5 Å². The van der Waals surface area contributed by atoms with Crippen LogP contribution in [0.5, 0.6) is 17.2 Å². The van der Waals surface area contributed by atoms with Crippen molar-refractivity contribution in [1.82, 2.24) is 5.32 Å². The lowest BCUT2D eigenvalue weighted by Gasteiger charge is -2.16. The van der Waals surface area contributed by atoms with E-state index >= 15 is 0 Å². The number of aliphatic hydroxyl groups is 1. The Kier molecular flexibility index (Phi) is 7.03. The number of aliphatic hydroxyl groups excluding tert-OH is 1. The van der Waals surface area contributed by atoms with Crippen LogP contribution < -0.4 is 19.5 Å². The molecule has 0 fully saturated rings. The van der Waals surface area contributed by atoms with Crippen LogP contribution in [0.15, 0.2) is 36.4 Å². The molecule has 2 aromatic rings. The highest BCUT2D eigenvalue weighted by Gasteiger charge is 2.15. The van der Waals surface area contributed by atoms with E-state index in [0.29, 0.717) is 30.4 Å². The first-order valence-corrected chi connectivity index (χ1v) is 8.11. The minimum Gasteiger partial charge on any atom is -0.493 e. The molecule has 0 aliphatic rings. The van der Waals surface area contributed by atoms with E-state index in [1.807, 2.05) is 19.1 Å². The Labute approximate surface area is 147 Å². The molecule has 0 saturated heterocycles. The van der Waals surface area contributed by atoms with Gasteiger partial charge in [0.1, 0.15) is 5.82 Å². The van der Waals surface area contributed by atoms with Crippen molar-refractivity contribution < 1.29 is 23.7 Å². The van der Waals surface area contributed by atoms with E-state index in [0.717, 1.165) is 5.56 Å². The fraction of sp³-hybridized carbons (Fsp3) is 0.368. The summed E-state index contributed by atoms with van der Waals surface area (Å²) < 4.78 is 30.0. The molecular formula is C19H24FNO4. The van der Waals surface area contributed by atoms with Gasteiger partial charge in [0, 0.05) is 18.7 Å². The van der Waals surface area contributed by atoms with E-state index in [-0.39, 0.29) is 12.1 Å². The average molecular weight is 349 g/mol. The lowest BCUT2D eigenvalue weighted by molar-refractivity contribution is 0.169. The summed E-state index contributed by atoms with van der Waals surface area (Å²) in [6, 6.07) is 9.89. The van der Waals surface area contributed by atoms with Gasteiger partial charge in [-0.15, -0.1) is 0 Å². The minimum atomic E-state index is -0.923. The first-order valence-electron chi connectivity index (χ1n) is 8.11. The molecular weight excluding hydrogens is 325 g/mol. The highest BCUT2D eigenvalue weighted by molar-refractivity contribution is 5.53. The molecule has 0 spiro atoms. The zero-order chi connectivity index (χ0) is 18.2. The number of nitrogens with one attached hydrogen (secondary N) is 1. The predicted molar refractivity (Wildman–Crippen MR) is 93.8 cm³/mol. The highest BCUT2D eigenvalue weighted by Crippen LogP contribution is 2.38. The molecule has 6 heteroatoms. The smallest absolute Gasteiger partial charge is 0.203 e. The molecule has 2 aromatic carbocycles. The third-order valence-electron chi connectivity index (χ3n) is 3.74. The molecule has 0 saturated carbocycles.